The van der Waals surface area contributed by atoms with Crippen molar-refractivity contribution in [3.63, 3.8) is 0 Å². The van der Waals surface area contributed by atoms with Gasteiger partial charge in [0.25, 0.3) is 0 Å². The lowest BCUT2D eigenvalue weighted by Crippen LogP contribution is -2.02. The number of hydrogen-bond donors (Lipinski definition) is 0. The molecule has 0 saturated heterocycles. The van der Waals surface area contributed by atoms with E-state index in [0.717, 1.165) is 35.4 Å². The largest absolute Gasteiger partial charge is 0.493 e. The summed E-state index contributed by atoms with van der Waals surface area (Å²) in [6.07, 6.45) is 1.05. The Labute approximate surface area is 113 Å². The molecule has 0 unspecified atom stereocenters. The molecular weight excluding hydrogens is 246 g/mol. The number of ether oxygens (including phenoxy) is 1. The molecule has 0 amide bonds. The topological polar surface area (TPSA) is 22.1 Å². The zero-order chi connectivity index (χ0) is 13.0. The van der Waals surface area contributed by atoms with E-state index in [4.69, 9.17) is 16.3 Å². The van der Waals surface area contributed by atoms with Crippen LogP contribution in [-0.2, 0) is 5.88 Å². The van der Waals surface area contributed by atoms with Gasteiger partial charge in [-0.2, -0.15) is 0 Å². The molecule has 0 bridgehead atoms. The first kappa shape index (κ1) is 13.2. The standard InChI is InChI=1S/C15H18ClNO/c1-11(2)7-8-18-15-9-12(10-16)17-14-6-4-3-5-13(14)15/h3-6,9,11H,7-8,10H2,1-2H3. The Kier molecular flexibility index (Phi) is 4.43. The van der Waals surface area contributed by atoms with Gasteiger partial charge in [0.2, 0.25) is 0 Å². The fourth-order valence-corrected chi connectivity index (χ4v) is 1.92. The third-order valence-corrected chi connectivity index (χ3v) is 3.09. The van der Waals surface area contributed by atoms with Crippen molar-refractivity contribution in [2.24, 2.45) is 5.92 Å². The molecule has 0 atom stereocenters. The Hall–Kier alpha value is -1.28. The Bertz CT molecular complexity index is 525. The second kappa shape index (κ2) is 6.05. The normalized spacial score (nSPS) is 11.1. The molecule has 0 N–H and O–H groups in total. The summed E-state index contributed by atoms with van der Waals surface area (Å²) < 4.78 is 5.87. The highest BCUT2D eigenvalue weighted by atomic mass is 35.5. The van der Waals surface area contributed by atoms with Gasteiger partial charge < -0.3 is 4.74 Å². The average Bonchev–Trinajstić information content (AvgIpc) is 2.38. The van der Waals surface area contributed by atoms with E-state index in [0.29, 0.717) is 11.8 Å². The van der Waals surface area contributed by atoms with Crippen LogP contribution >= 0.6 is 11.6 Å². The molecule has 1 heterocycles. The first-order chi connectivity index (χ1) is 8.70. The second-order valence-electron chi connectivity index (χ2n) is 4.79. The third kappa shape index (κ3) is 3.14. The number of para-hydroxylation sites is 1. The molecular formula is C15H18ClNO. The highest BCUT2D eigenvalue weighted by molar-refractivity contribution is 6.17. The minimum atomic E-state index is 0.408. The predicted molar refractivity (Wildman–Crippen MR) is 76.3 cm³/mol. The minimum absolute atomic E-state index is 0.408. The van der Waals surface area contributed by atoms with Crippen LogP contribution in [-0.4, -0.2) is 11.6 Å². The highest BCUT2D eigenvalue weighted by Crippen LogP contribution is 2.26. The average molecular weight is 264 g/mol. The van der Waals surface area contributed by atoms with E-state index in [1.165, 1.54) is 0 Å². The van der Waals surface area contributed by atoms with Gasteiger partial charge >= 0.3 is 0 Å². The summed E-state index contributed by atoms with van der Waals surface area (Å²) in [5, 5.41) is 1.05. The second-order valence-corrected chi connectivity index (χ2v) is 5.06. The monoisotopic (exact) mass is 263 g/mol. The molecule has 0 spiro atoms. The summed E-state index contributed by atoms with van der Waals surface area (Å²) in [6.45, 7) is 5.11. The molecule has 0 radical (unpaired) electrons. The van der Waals surface area contributed by atoms with Crippen LogP contribution in [0, 0.1) is 5.92 Å². The van der Waals surface area contributed by atoms with Crippen molar-refractivity contribution >= 4 is 22.5 Å². The zero-order valence-electron chi connectivity index (χ0n) is 10.8. The maximum absolute atomic E-state index is 5.87. The Morgan fingerprint density at radius 3 is 2.78 bits per heavy atom. The molecule has 0 saturated carbocycles. The summed E-state index contributed by atoms with van der Waals surface area (Å²) in [7, 11) is 0. The fourth-order valence-electron chi connectivity index (χ4n) is 1.79. The SMILES string of the molecule is CC(C)CCOc1cc(CCl)nc2ccccc12. The predicted octanol–water partition coefficient (Wildman–Crippen LogP) is 4.40. The van der Waals surface area contributed by atoms with Crippen LogP contribution in [0.4, 0.5) is 0 Å². The van der Waals surface area contributed by atoms with E-state index in [9.17, 15) is 0 Å². The number of benzene rings is 1. The molecule has 0 aliphatic heterocycles. The van der Waals surface area contributed by atoms with Crippen LogP contribution in [0.1, 0.15) is 26.0 Å². The summed E-state index contributed by atoms with van der Waals surface area (Å²) >= 11 is 5.87. The number of alkyl halides is 1. The molecule has 3 heteroatoms. The number of hydrogen-bond acceptors (Lipinski definition) is 2. The van der Waals surface area contributed by atoms with E-state index in [1.807, 2.05) is 30.3 Å². The highest BCUT2D eigenvalue weighted by Gasteiger charge is 2.06. The maximum atomic E-state index is 5.87. The van der Waals surface area contributed by atoms with Crippen LogP contribution in [0.25, 0.3) is 10.9 Å². The van der Waals surface area contributed by atoms with Crippen molar-refractivity contribution in [2.45, 2.75) is 26.1 Å². The fraction of sp³-hybridized carbons (Fsp3) is 0.400. The van der Waals surface area contributed by atoms with Crippen molar-refractivity contribution in [2.75, 3.05) is 6.61 Å². The van der Waals surface area contributed by atoms with Gasteiger partial charge in [-0.1, -0.05) is 26.0 Å². The summed E-state index contributed by atoms with van der Waals surface area (Å²) in [4.78, 5) is 4.49. The molecule has 2 nitrogen and oxygen atoms in total. The zero-order valence-corrected chi connectivity index (χ0v) is 11.6. The van der Waals surface area contributed by atoms with Crippen LogP contribution in [0.15, 0.2) is 30.3 Å². The first-order valence-corrected chi connectivity index (χ1v) is 6.81. The Morgan fingerprint density at radius 1 is 1.28 bits per heavy atom. The summed E-state index contributed by atoms with van der Waals surface area (Å²) in [5.41, 5.74) is 1.80. The van der Waals surface area contributed by atoms with Crippen molar-refractivity contribution in [3.8, 4) is 5.75 Å². The van der Waals surface area contributed by atoms with E-state index < -0.39 is 0 Å². The van der Waals surface area contributed by atoms with Gasteiger partial charge in [-0.15, -0.1) is 11.6 Å². The van der Waals surface area contributed by atoms with Gasteiger partial charge in [0, 0.05) is 11.5 Å². The molecule has 2 aromatic rings. The lowest BCUT2D eigenvalue weighted by molar-refractivity contribution is 0.292. The molecule has 18 heavy (non-hydrogen) atoms. The number of pyridine rings is 1. The van der Waals surface area contributed by atoms with Crippen molar-refractivity contribution < 1.29 is 4.74 Å². The number of aromatic nitrogens is 1. The van der Waals surface area contributed by atoms with Crippen LogP contribution in [0.3, 0.4) is 0 Å². The van der Waals surface area contributed by atoms with Crippen molar-refractivity contribution in [1.82, 2.24) is 4.98 Å². The summed E-state index contributed by atoms with van der Waals surface area (Å²) in [5.74, 6) is 1.94. The molecule has 1 aromatic carbocycles. The van der Waals surface area contributed by atoms with Crippen LogP contribution in [0.2, 0.25) is 0 Å². The van der Waals surface area contributed by atoms with E-state index >= 15 is 0 Å². The Morgan fingerprint density at radius 2 is 2.06 bits per heavy atom. The van der Waals surface area contributed by atoms with Crippen LogP contribution < -0.4 is 4.74 Å². The van der Waals surface area contributed by atoms with Gasteiger partial charge in [-0.05, 0) is 24.5 Å². The smallest absolute Gasteiger partial charge is 0.130 e. The van der Waals surface area contributed by atoms with Gasteiger partial charge in [-0.25, -0.2) is 0 Å². The van der Waals surface area contributed by atoms with E-state index in [1.54, 1.807) is 0 Å². The number of halogens is 1. The Balaban J connectivity index is 2.29. The van der Waals surface area contributed by atoms with Gasteiger partial charge in [-0.3, -0.25) is 4.98 Å². The van der Waals surface area contributed by atoms with Gasteiger partial charge in [0.05, 0.1) is 23.7 Å². The molecule has 1 aromatic heterocycles. The van der Waals surface area contributed by atoms with Crippen LogP contribution in [0.5, 0.6) is 5.75 Å². The lowest BCUT2D eigenvalue weighted by atomic mass is 10.1. The van der Waals surface area contributed by atoms with Crippen molar-refractivity contribution in [1.29, 1.82) is 0 Å². The van der Waals surface area contributed by atoms with Gasteiger partial charge in [0.15, 0.2) is 0 Å². The first-order valence-electron chi connectivity index (χ1n) is 6.28. The number of nitrogens with zero attached hydrogens (tertiary/aromatic N) is 1. The summed E-state index contributed by atoms with van der Waals surface area (Å²) in [6, 6.07) is 9.94. The number of fused-ring (bicyclic) bond motifs is 1. The van der Waals surface area contributed by atoms with Crippen molar-refractivity contribution in [3.05, 3.63) is 36.0 Å². The molecule has 0 aliphatic carbocycles. The molecule has 0 fully saturated rings. The van der Waals surface area contributed by atoms with Gasteiger partial charge in [0.1, 0.15) is 5.75 Å². The van der Waals surface area contributed by atoms with E-state index in [-0.39, 0.29) is 0 Å². The lowest BCUT2D eigenvalue weighted by Gasteiger charge is -2.11. The third-order valence-electron chi connectivity index (χ3n) is 2.82. The molecule has 0 aliphatic rings. The minimum Gasteiger partial charge on any atom is -0.493 e. The number of rotatable bonds is 5. The van der Waals surface area contributed by atoms with E-state index in [2.05, 4.69) is 18.8 Å². The quantitative estimate of drug-likeness (QED) is 0.746. The molecule has 2 rings (SSSR count). The molecule has 96 valence electrons. The maximum Gasteiger partial charge on any atom is 0.130 e.